The van der Waals surface area contributed by atoms with E-state index < -0.39 is 0 Å². The van der Waals surface area contributed by atoms with Crippen LogP contribution in [-0.2, 0) is 4.79 Å². The molecule has 1 heterocycles. The number of rotatable bonds is 4. The molecule has 1 aliphatic rings. The Morgan fingerprint density at radius 1 is 1.64 bits per heavy atom. The molecule has 1 unspecified atom stereocenters. The molecule has 1 nitrogen and oxygen atoms in total. The molecule has 0 bridgehead atoms. The van der Waals surface area contributed by atoms with E-state index in [0.717, 1.165) is 12.2 Å². The first kappa shape index (κ1) is 12.5. The van der Waals surface area contributed by atoms with Crippen molar-refractivity contribution in [3.05, 3.63) is 12.7 Å². The highest BCUT2D eigenvalue weighted by Crippen LogP contribution is 2.47. The summed E-state index contributed by atoms with van der Waals surface area (Å²) in [6.45, 7) is 3.53. The predicted molar refractivity (Wildman–Crippen MR) is 70.2 cm³/mol. The molecule has 0 aromatic rings. The van der Waals surface area contributed by atoms with Crippen molar-refractivity contribution in [2.45, 2.75) is 23.3 Å². The summed E-state index contributed by atoms with van der Waals surface area (Å²) in [5, 5.41) is 0.119. The summed E-state index contributed by atoms with van der Waals surface area (Å²) < 4.78 is 0.128. The van der Waals surface area contributed by atoms with E-state index in [1.165, 1.54) is 36.4 Å². The molecular weight excluding hydrogens is 232 g/mol. The Kier molecular flexibility index (Phi) is 5.49. The maximum atomic E-state index is 11.4. The fourth-order valence-electron chi connectivity index (χ4n) is 1.50. The lowest BCUT2D eigenvalue weighted by Crippen LogP contribution is -2.28. The molecule has 0 amide bonds. The van der Waals surface area contributed by atoms with Crippen LogP contribution in [0.4, 0.5) is 0 Å². The predicted octanol–water partition coefficient (Wildman–Crippen LogP) is 3.41. The van der Waals surface area contributed by atoms with Gasteiger partial charge < -0.3 is 0 Å². The van der Waals surface area contributed by atoms with Gasteiger partial charge >= 0.3 is 0 Å². The van der Waals surface area contributed by atoms with Crippen LogP contribution in [0.2, 0.25) is 0 Å². The molecule has 0 aliphatic carbocycles. The maximum absolute atomic E-state index is 11.4. The van der Waals surface area contributed by atoms with Crippen molar-refractivity contribution in [3.8, 4) is 0 Å². The molecular formula is C10H16OS3. The van der Waals surface area contributed by atoms with Gasteiger partial charge in [-0.15, -0.1) is 11.8 Å². The quantitative estimate of drug-likeness (QED) is 0.709. The van der Waals surface area contributed by atoms with Gasteiger partial charge in [0.05, 0.1) is 4.08 Å². The van der Waals surface area contributed by atoms with E-state index in [9.17, 15) is 4.79 Å². The fraction of sp³-hybridized carbons (Fsp3) is 0.700. The summed E-state index contributed by atoms with van der Waals surface area (Å²) in [5.41, 5.74) is 0. The average Bonchev–Trinajstić information content (AvgIpc) is 2.19. The molecule has 0 N–H and O–H groups in total. The zero-order valence-electron chi connectivity index (χ0n) is 8.45. The zero-order chi connectivity index (χ0) is 10.4. The van der Waals surface area contributed by atoms with Gasteiger partial charge in [-0.3, -0.25) is 4.79 Å². The molecule has 1 aliphatic heterocycles. The van der Waals surface area contributed by atoms with Gasteiger partial charge in [-0.2, -0.15) is 11.8 Å². The molecule has 1 rings (SSSR count). The van der Waals surface area contributed by atoms with Gasteiger partial charge in [-0.1, -0.05) is 24.8 Å². The summed E-state index contributed by atoms with van der Waals surface area (Å²) in [6.07, 6.45) is 7.25. The summed E-state index contributed by atoms with van der Waals surface area (Å²) in [5.74, 6) is 2.25. The molecule has 80 valence electrons. The van der Waals surface area contributed by atoms with Crippen LogP contribution in [0.25, 0.3) is 0 Å². The van der Waals surface area contributed by atoms with Crippen molar-refractivity contribution < 1.29 is 4.79 Å². The first-order chi connectivity index (χ1) is 6.72. The third-order valence-corrected chi connectivity index (χ3v) is 6.34. The minimum absolute atomic E-state index is 0.119. The molecule has 1 saturated heterocycles. The highest BCUT2D eigenvalue weighted by molar-refractivity contribution is 8.26. The lowest BCUT2D eigenvalue weighted by Gasteiger charge is -2.34. The molecule has 0 aromatic heterocycles. The maximum Gasteiger partial charge on any atom is 0.212 e. The second-order valence-electron chi connectivity index (χ2n) is 3.27. The first-order valence-corrected chi connectivity index (χ1v) is 7.90. The van der Waals surface area contributed by atoms with E-state index in [1.807, 2.05) is 23.5 Å². The second kappa shape index (κ2) is 6.13. The van der Waals surface area contributed by atoms with E-state index in [0.29, 0.717) is 0 Å². The number of hydrogen-bond donors (Lipinski definition) is 0. The van der Waals surface area contributed by atoms with Crippen LogP contribution in [0.5, 0.6) is 0 Å². The van der Waals surface area contributed by atoms with Crippen molar-refractivity contribution in [3.63, 3.8) is 0 Å². The van der Waals surface area contributed by atoms with Gasteiger partial charge in [0.2, 0.25) is 5.12 Å². The molecule has 1 fully saturated rings. The second-order valence-corrected chi connectivity index (χ2v) is 7.27. The Morgan fingerprint density at radius 3 is 2.93 bits per heavy atom. The minimum atomic E-state index is 0.119. The summed E-state index contributed by atoms with van der Waals surface area (Å²) in [7, 11) is 0. The summed E-state index contributed by atoms with van der Waals surface area (Å²) in [6, 6.07) is 0. The average molecular weight is 248 g/mol. The third-order valence-electron chi connectivity index (χ3n) is 2.13. The Labute approximate surface area is 98.9 Å². The third kappa shape index (κ3) is 3.55. The van der Waals surface area contributed by atoms with Gasteiger partial charge in [0.1, 0.15) is 0 Å². The van der Waals surface area contributed by atoms with E-state index >= 15 is 0 Å². The number of hydrogen-bond acceptors (Lipinski definition) is 4. The highest BCUT2D eigenvalue weighted by atomic mass is 32.2. The lowest BCUT2D eigenvalue weighted by molar-refractivity contribution is -0.107. The van der Waals surface area contributed by atoms with Gasteiger partial charge in [-0.05, 0) is 30.9 Å². The lowest BCUT2D eigenvalue weighted by atomic mass is 10.2. The van der Waals surface area contributed by atoms with Gasteiger partial charge in [-0.25, -0.2) is 0 Å². The van der Waals surface area contributed by atoms with Crippen molar-refractivity contribution in [2.24, 2.45) is 0 Å². The smallest absolute Gasteiger partial charge is 0.212 e. The number of carbonyl (C=O) groups is 1. The molecule has 14 heavy (non-hydrogen) atoms. The summed E-state index contributed by atoms with van der Waals surface area (Å²) >= 11 is 5.26. The summed E-state index contributed by atoms with van der Waals surface area (Å²) in [4.78, 5) is 11.4. The van der Waals surface area contributed by atoms with Crippen LogP contribution in [-0.4, -0.2) is 27.0 Å². The van der Waals surface area contributed by atoms with Crippen molar-refractivity contribution in [1.29, 1.82) is 0 Å². The number of thioether (sulfide) groups is 3. The van der Waals surface area contributed by atoms with Crippen molar-refractivity contribution in [2.75, 3.05) is 17.8 Å². The van der Waals surface area contributed by atoms with Crippen LogP contribution >= 0.6 is 35.3 Å². The normalized spacial score (nSPS) is 27.2. The molecule has 0 saturated carbocycles. The van der Waals surface area contributed by atoms with Crippen molar-refractivity contribution in [1.82, 2.24) is 0 Å². The topological polar surface area (TPSA) is 17.1 Å². The van der Waals surface area contributed by atoms with Gasteiger partial charge in [0.15, 0.2) is 0 Å². The van der Waals surface area contributed by atoms with Crippen molar-refractivity contribution >= 4 is 40.4 Å². The zero-order valence-corrected chi connectivity index (χ0v) is 10.9. The highest BCUT2D eigenvalue weighted by Gasteiger charge is 2.34. The Bertz CT molecular complexity index is 204. The molecule has 4 heteroatoms. The van der Waals surface area contributed by atoms with Crippen LogP contribution in [0.15, 0.2) is 12.7 Å². The number of carbonyl (C=O) groups excluding carboxylic acids is 1. The monoisotopic (exact) mass is 248 g/mol. The Morgan fingerprint density at radius 2 is 2.43 bits per heavy atom. The molecule has 0 spiro atoms. The van der Waals surface area contributed by atoms with Crippen LogP contribution in [0, 0.1) is 0 Å². The van der Waals surface area contributed by atoms with E-state index in [-0.39, 0.29) is 9.19 Å². The Balaban J connectivity index is 2.59. The van der Waals surface area contributed by atoms with Crippen LogP contribution in [0.3, 0.4) is 0 Å². The Hall–Kier alpha value is 0.460. The van der Waals surface area contributed by atoms with Gasteiger partial charge in [0.25, 0.3) is 0 Å². The van der Waals surface area contributed by atoms with E-state index in [2.05, 4.69) is 12.8 Å². The van der Waals surface area contributed by atoms with E-state index in [1.54, 1.807) is 0 Å². The van der Waals surface area contributed by atoms with Crippen LogP contribution in [0.1, 0.15) is 19.3 Å². The molecule has 1 atom stereocenters. The SMILES string of the molecule is C=CC(=O)SC1(CSC)CCCCS1. The fourth-order valence-corrected chi connectivity index (χ4v) is 5.79. The molecule has 0 aromatic carbocycles. The van der Waals surface area contributed by atoms with E-state index in [4.69, 9.17) is 0 Å². The minimum Gasteiger partial charge on any atom is -0.282 e. The standard InChI is InChI=1S/C10H16OS3/c1-3-9(11)14-10(8-12-2)6-4-5-7-13-10/h3H,1,4-8H2,2H3. The first-order valence-electron chi connectivity index (χ1n) is 4.71. The molecule has 0 radical (unpaired) electrons. The van der Waals surface area contributed by atoms with Crippen LogP contribution < -0.4 is 0 Å². The largest absolute Gasteiger partial charge is 0.282 e. The van der Waals surface area contributed by atoms with Gasteiger partial charge in [0, 0.05) is 5.75 Å².